The molecule has 104 valence electrons. The van der Waals surface area contributed by atoms with Crippen molar-refractivity contribution in [3.63, 3.8) is 0 Å². The molecule has 5 heteroatoms. The van der Waals surface area contributed by atoms with Gasteiger partial charge in [0.1, 0.15) is 6.04 Å². The van der Waals surface area contributed by atoms with Crippen molar-refractivity contribution in [1.82, 2.24) is 10.1 Å². The first kappa shape index (κ1) is 11.9. The third kappa shape index (κ3) is 2.18. The molecule has 1 aromatic heterocycles. The summed E-state index contributed by atoms with van der Waals surface area (Å²) in [5, 5.41) is 7.51. The monoisotopic (exact) mass is 271 g/mol. The fourth-order valence-electron chi connectivity index (χ4n) is 2.95. The van der Waals surface area contributed by atoms with Crippen LogP contribution in [0.25, 0.3) is 0 Å². The zero-order chi connectivity index (χ0) is 13.4. The third-order valence-corrected chi connectivity index (χ3v) is 3.99. The van der Waals surface area contributed by atoms with Gasteiger partial charge in [0.05, 0.1) is 6.10 Å². The zero-order valence-electron chi connectivity index (χ0n) is 11.2. The summed E-state index contributed by atoms with van der Waals surface area (Å²) in [5.41, 5.74) is 2.47. The molecule has 0 aliphatic carbocycles. The number of hydrogen-bond donors (Lipinski definition) is 1. The number of nitrogens with one attached hydrogen (secondary N) is 1. The highest BCUT2D eigenvalue weighted by Crippen LogP contribution is 2.33. The van der Waals surface area contributed by atoms with Crippen LogP contribution in [0.5, 0.6) is 0 Å². The van der Waals surface area contributed by atoms with Crippen LogP contribution >= 0.6 is 0 Å². The van der Waals surface area contributed by atoms with Crippen LogP contribution in [0.3, 0.4) is 0 Å². The molecule has 2 aliphatic heterocycles. The van der Waals surface area contributed by atoms with Gasteiger partial charge in [-0.05, 0) is 24.5 Å². The van der Waals surface area contributed by atoms with Crippen molar-refractivity contribution in [3.8, 4) is 0 Å². The number of rotatable bonds is 3. The van der Waals surface area contributed by atoms with E-state index in [0.29, 0.717) is 5.89 Å². The van der Waals surface area contributed by atoms with Gasteiger partial charge in [0.25, 0.3) is 0 Å². The first-order chi connectivity index (χ1) is 9.88. The third-order valence-electron chi connectivity index (χ3n) is 3.99. The van der Waals surface area contributed by atoms with E-state index in [9.17, 15) is 0 Å². The van der Waals surface area contributed by atoms with E-state index in [0.717, 1.165) is 43.8 Å². The number of aromatic nitrogens is 2. The molecule has 5 nitrogen and oxygen atoms in total. The average Bonchev–Trinajstić information content (AvgIpc) is 3.18. The lowest BCUT2D eigenvalue weighted by Crippen LogP contribution is -2.10. The van der Waals surface area contributed by atoms with E-state index in [1.807, 2.05) is 6.07 Å². The van der Waals surface area contributed by atoms with Gasteiger partial charge in [-0.2, -0.15) is 4.98 Å². The van der Waals surface area contributed by atoms with E-state index < -0.39 is 0 Å². The fourth-order valence-corrected chi connectivity index (χ4v) is 2.95. The van der Waals surface area contributed by atoms with Crippen LogP contribution in [0.2, 0.25) is 0 Å². The van der Waals surface area contributed by atoms with Gasteiger partial charge in [0.2, 0.25) is 5.89 Å². The molecule has 0 radical (unpaired) electrons. The van der Waals surface area contributed by atoms with E-state index in [1.165, 1.54) is 5.56 Å². The first-order valence-electron chi connectivity index (χ1n) is 7.17. The van der Waals surface area contributed by atoms with Gasteiger partial charge in [0.15, 0.2) is 5.82 Å². The number of ether oxygens (including phenoxy) is 1. The van der Waals surface area contributed by atoms with Crippen molar-refractivity contribution in [3.05, 3.63) is 41.5 Å². The summed E-state index contributed by atoms with van der Waals surface area (Å²) in [5.74, 6) is 1.43. The lowest BCUT2D eigenvalue weighted by atomic mass is 10.1. The second-order valence-electron chi connectivity index (χ2n) is 5.45. The summed E-state index contributed by atoms with van der Waals surface area (Å²) in [6.45, 7) is 0.856. The van der Waals surface area contributed by atoms with Crippen LogP contribution in [0.15, 0.2) is 28.8 Å². The Bertz CT molecular complexity index is 580. The number of fused-ring (bicyclic) bond motifs is 1. The quantitative estimate of drug-likeness (QED) is 0.929. The Morgan fingerprint density at radius 2 is 2.25 bits per heavy atom. The minimum absolute atomic E-state index is 0.0955. The summed E-state index contributed by atoms with van der Waals surface area (Å²) in [6.07, 6.45) is 4.14. The molecule has 1 aromatic carbocycles. The number of nitrogens with zero attached hydrogens (tertiary/aromatic N) is 2. The lowest BCUT2D eigenvalue weighted by molar-refractivity contribution is 0.109. The van der Waals surface area contributed by atoms with Crippen LogP contribution in [-0.2, 0) is 17.6 Å². The van der Waals surface area contributed by atoms with Gasteiger partial charge in [-0.15, -0.1) is 0 Å². The summed E-state index contributed by atoms with van der Waals surface area (Å²) in [6, 6.07) is 8.40. The van der Waals surface area contributed by atoms with E-state index in [4.69, 9.17) is 9.26 Å². The zero-order valence-corrected chi connectivity index (χ0v) is 11.2. The molecule has 4 rings (SSSR count). The number of benzene rings is 1. The maximum Gasteiger partial charge on any atom is 0.249 e. The lowest BCUT2D eigenvalue weighted by Gasteiger charge is -2.05. The minimum Gasteiger partial charge on any atom is -0.378 e. The maximum atomic E-state index is 5.60. The Morgan fingerprint density at radius 1 is 1.30 bits per heavy atom. The van der Waals surface area contributed by atoms with Crippen LogP contribution in [0.1, 0.15) is 36.2 Å². The predicted molar refractivity (Wildman–Crippen MR) is 73.5 cm³/mol. The standard InChI is InChI=1S/C15H17N3O2/c1-2-6-12-10(4-1)8-13(16-12)15-17-14(18-20-15)9-11-5-3-7-19-11/h1-2,4,6,11,13,16H,3,5,7-9H2. The SMILES string of the molecule is c1ccc2c(c1)CC(c1nc(CC3CCCO3)no1)N2. The van der Waals surface area contributed by atoms with Crippen molar-refractivity contribution >= 4 is 5.69 Å². The number of para-hydroxylation sites is 1. The molecule has 2 unspecified atom stereocenters. The summed E-state index contributed by atoms with van der Waals surface area (Å²) < 4.78 is 11.0. The second kappa shape index (κ2) is 4.90. The van der Waals surface area contributed by atoms with Gasteiger partial charge in [-0.1, -0.05) is 23.4 Å². The summed E-state index contributed by atoms with van der Waals surface area (Å²) >= 11 is 0. The highest BCUT2D eigenvalue weighted by molar-refractivity contribution is 5.56. The normalized spacial score (nSPS) is 24.6. The van der Waals surface area contributed by atoms with Gasteiger partial charge in [-0.25, -0.2) is 0 Å². The minimum atomic E-state index is 0.0955. The Kier molecular flexibility index (Phi) is 2.92. The predicted octanol–water partition coefficient (Wildman–Crippen LogP) is 2.50. The van der Waals surface area contributed by atoms with Crippen molar-refractivity contribution in [1.29, 1.82) is 0 Å². The fraction of sp³-hybridized carbons (Fsp3) is 0.467. The first-order valence-corrected chi connectivity index (χ1v) is 7.17. The molecule has 2 aromatic rings. The molecule has 1 N–H and O–H groups in total. The topological polar surface area (TPSA) is 60.2 Å². The molecule has 2 aliphatic rings. The Labute approximate surface area is 117 Å². The van der Waals surface area contributed by atoms with E-state index in [-0.39, 0.29) is 12.1 Å². The van der Waals surface area contributed by atoms with Crippen molar-refractivity contribution in [2.45, 2.75) is 37.8 Å². The summed E-state index contributed by atoms with van der Waals surface area (Å²) in [7, 11) is 0. The number of anilines is 1. The van der Waals surface area contributed by atoms with Crippen LogP contribution in [-0.4, -0.2) is 22.9 Å². The molecule has 0 spiro atoms. The Balaban J connectivity index is 1.46. The van der Waals surface area contributed by atoms with Crippen LogP contribution in [0.4, 0.5) is 5.69 Å². The van der Waals surface area contributed by atoms with Gasteiger partial charge >= 0.3 is 0 Å². The Morgan fingerprint density at radius 3 is 3.10 bits per heavy atom. The molecule has 2 atom stereocenters. The molecule has 0 bridgehead atoms. The largest absolute Gasteiger partial charge is 0.378 e. The number of hydrogen-bond acceptors (Lipinski definition) is 5. The Hall–Kier alpha value is -1.88. The van der Waals surface area contributed by atoms with Crippen molar-refractivity contribution < 1.29 is 9.26 Å². The van der Waals surface area contributed by atoms with Gasteiger partial charge in [0, 0.05) is 25.1 Å². The van der Waals surface area contributed by atoms with E-state index >= 15 is 0 Å². The van der Waals surface area contributed by atoms with E-state index in [1.54, 1.807) is 0 Å². The molecule has 0 saturated carbocycles. The van der Waals surface area contributed by atoms with Crippen LogP contribution < -0.4 is 5.32 Å². The van der Waals surface area contributed by atoms with Gasteiger partial charge < -0.3 is 14.6 Å². The van der Waals surface area contributed by atoms with Crippen LogP contribution in [0, 0.1) is 0 Å². The second-order valence-corrected chi connectivity index (χ2v) is 5.45. The van der Waals surface area contributed by atoms with Crippen molar-refractivity contribution in [2.75, 3.05) is 11.9 Å². The highest BCUT2D eigenvalue weighted by atomic mass is 16.5. The van der Waals surface area contributed by atoms with E-state index in [2.05, 4.69) is 33.7 Å². The average molecular weight is 271 g/mol. The van der Waals surface area contributed by atoms with Crippen molar-refractivity contribution in [2.24, 2.45) is 0 Å². The molecule has 20 heavy (non-hydrogen) atoms. The molecule has 1 saturated heterocycles. The summed E-state index contributed by atoms with van der Waals surface area (Å²) in [4.78, 5) is 4.52. The maximum absolute atomic E-state index is 5.60. The highest BCUT2D eigenvalue weighted by Gasteiger charge is 2.27. The molecule has 0 amide bonds. The van der Waals surface area contributed by atoms with Gasteiger partial charge in [-0.3, -0.25) is 0 Å². The molecule has 1 fully saturated rings. The molecular weight excluding hydrogens is 254 g/mol. The smallest absolute Gasteiger partial charge is 0.249 e. The molecule has 3 heterocycles. The molecular formula is C15H17N3O2.